The molecule has 0 unspecified atom stereocenters. The smallest absolute Gasteiger partial charge is 0.161 e. The van der Waals surface area contributed by atoms with Crippen LogP contribution in [0.3, 0.4) is 0 Å². The summed E-state index contributed by atoms with van der Waals surface area (Å²) < 4.78 is 18.1. The first kappa shape index (κ1) is 10.7. The average Bonchev–Trinajstić information content (AvgIpc) is 2.17. The lowest BCUT2D eigenvalue weighted by Gasteiger charge is -2.12. The first-order valence-corrected chi connectivity index (χ1v) is 4.12. The topological polar surface area (TPSA) is 81.5 Å². The van der Waals surface area contributed by atoms with Gasteiger partial charge >= 0.3 is 0 Å². The standard InChI is InChI=1S/C9H13FN2O2/c1-14-9-2-5(7(12)4-11)6(10)3-8(9)13/h2-3,7,13H,4,11-12H2,1H3/t7-/m1/s1. The van der Waals surface area contributed by atoms with Crippen LogP contribution in [0.25, 0.3) is 0 Å². The van der Waals surface area contributed by atoms with Gasteiger partial charge in [-0.25, -0.2) is 4.39 Å². The second kappa shape index (κ2) is 4.26. The number of rotatable bonds is 3. The largest absolute Gasteiger partial charge is 0.504 e. The molecule has 0 saturated heterocycles. The molecular formula is C9H13FN2O2. The van der Waals surface area contributed by atoms with Crippen LogP contribution >= 0.6 is 0 Å². The molecule has 0 saturated carbocycles. The molecule has 0 heterocycles. The van der Waals surface area contributed by atoms with Crippen LogP contribution < -0.4 is 16.2 Å². The van der Waals surface area contributed by atoms with Gasteiger partial charge in [-0.2, -0.15) is 0 Å². The number of benzene rings is 1. The number of hydrogen-bond donors (Lipinski definition) is 3. The van der Waals surface area contributed by atoms with Crippen molar-refractivity contribution in [1.29, 1.82) is 0 Å². The third-order valence-electron chi connectivity index (χ3n) is 1.95. The van der Waals surface area contributed by atoms with Crippen LogP contribution in [0.1, 0.15) is 11.6 Å². The van der Waals surface area contributed by atoms with Crippen molar-refractivity contribution in [3.05, 3.63) is 23.5 Å². The molecule has 0 aromatic heterocycles. The molecule has 14 heavy (non-hydrogen) atoms. The summed E-state index contributed by atoms with van der Waals surface area (Å²) >= 11 is 0. The van der Waals surface area contributed by atoms with Crippen LogP contribution in [0.2, 0.25) is 0 Å². The van der Waals surface area contributed by atoms with Crippen LogP contribution in [0.5, 0.6) is 11.5 Å². The van der Waals surface area contributed by atoms with Crippen molar-refractivity contribution in [3.8, 4) is 11.5 Å². The Kier molecular flexibility index (Phi) is 3.27. The summed E-state index contributed by atoms with van der Waals surface area (Å²) in [7, 11) is 1.38. The molecule has 0 spiro atoms. The summed E-state index contributed by atoms with van der Waals surface area (Å²) in [5, 5.41) is 9.23. The summed E-state index contributed by atoms with van der Waals surface area (Å²) in [6.07, 6.45) is 0. The number of ether oxygens (including phenoxy) is 1. The molecule has 1 rings (SSSR count). The van der Waals surface area contributed by atoms with Crippen molar-refractivity contribution in [2.24, 2.45) is 11.5 Å². The van der Waals surface area contributed by atoms with Gasteiger partial charge in [-0.1, -0.05) is 0 Å². The predicted octanol–water partition coefficient (Wildman–Crippen LogP) is 0.498. The summed E-state index contributed by atoms with van der Waals surface area (Å²) in [6, 6.07) is 1.72. The van der Waals surface area contributed by atoms with E-state index >= 15 is 0 Å². The minimum atomic E-state index is -0.593. The fraction of sp³-hybridized carbons (Fsp3) is 0.333. The van der Waals surface area contributed by atoms with Gasteiger partial charge in [0.25, 0.3) is 0 Å². The zero-order valence-corrected chi connectivity index (χ0v) is 7.83. The highest BCUT2D eigenvalue weighted by atomic mass is 19.1. The highest BCUT2D eigenvalue weighted by molar-refractivity contribution is 5.43. The first-order chi connectivity index (χ1) is 6.60. The van der Waals surface area contributed by atoms with Gasteiger partial charge in [0.15, 0.2) is 11.5 Å². The zero-order valence-electron chi connectivity index (χ0n) is 7.83. The number of phenolic OH excluding ortho intramolecular Hbond substituents is 1. The van der Waals surface area contributed by atoms with E-state index in [0.717, 1.165) is 6.07 Å². The van der Waals surface area contributed by atoms with Crippen molar-refractivity contribution < 1.29 is 14.2 Å². The highest BCUT2D eigenvalue weighted by Gasteiger charge is 2.14. The molecule has 0 aliphatic carbocycles. The molecule has 0 bridgehead atoms. The molecule has 0 aliphatic rings. The molecule has 0 radical (unpaired) electrons. The van der Waals surface area contributed by atoms with Gasteiger partial charge in [0.2, 0.25) is 0 Å². The van der Waals surface area contributed by atoms with Crippen molar-refractivity contribution in [2.75, 3.05) is 13.7 Å². The monoisotopic (exact) mass is 200 g/mol. The number of hydrogen-bond acceptors (Lipinski definition) is 4. The van der Waals surface area contributed by atoms with Gasteiger partial charge in [-0.05, 0) is 6.07 Å². The van der Waals surface area contributed by atoms with Crippen molar-refractivity contribution >= 4 is 0 Å². The normalized spacial score (nSPS) is 12.6. The Labute approximate surface area is 81.3 Å². The molecule has 1 aromatic carbocycles. The molecule has 0 aliphatic heterocycles. The molecule has 1 aromatic rings. The van der Waals surface area contributed by atoms with E-state index < -0.39 is 11.9 Å². The first-order valence-electron chi connectivity index (χ1n) is 4.12. The number of phenols is 1. The van der Waals surface area contributed by atoms with Crippen molar-refractivity contribution in [1.82, 2.24) is 0 Å². The van der Waals surface area contributed by atoms with Gasteiger partial charge in [-0.15, -0.1) is 0 Å². The van der Waals surface area contributed by atoms with E-state index in [9.17, 15) is 9.50 Å². The SMILES string of the molecule is COc1cc([C@H](N)CN)c(F)cc1O. The molecule has 78 valence electrons. The van der Waals surface area contributed by atoms with E-state index in [1.807, 2.05) is 0 Å². The average molecular weight is 200 g/mol. The van der Waals surface area contributed by atoms with Gasteiger partial charge in [0.1, 0.15) is 5.82 Å². The van der Waals surface area contributed by atoms with Crippen LogP contribution in [0.15, 0.2) is 12.1 Å². The number of halogens is 1. The minimum Gasteiger partial charge on any atom is -0.504 e. The quantitative estimate of drug-likeness (QED) is 0.663. The van der Waals surface area contributed by atoms with Gasteiger partial charge < -0.3 is 21.3 Å². The summed E-state index contributed by atoms with van der Waals surface area (Å²) in [5.41, 5.74) is 11.1. The minimum absolute atomic E-state index is 0.130. The van der Waals surface area contributed by atoms with Crippen LogP contribution in [0, 0.1) is 5.82 Å². The Morgan fingerprint density at radius 3 is 2.71 bits per heavy atom. The highest BCUT2D eigenvalue weighted by Crippen LogP contribution is 2.30. The fourth-order valence-corrected chi connectivity index (χ4v) is 1.13. The van der Waals surface area contributed by atoms with E-state index in [2.05, 4.69) is 0 Å². The van der Waals surface area contributed by atoms with Crippen LogP contribution in [-0.2, 0) is 0 Å². The van der Waals surface area contributed by atoms with Crippen molar-refractivity contribution in [3.63, 3.8) is 0 Å². The van der Waals surface area contributed by atoms with Crippen LogP contribution in [-0.4, -0.2) is 18.8 Å². The lowest BCUT2D eigenvalue weighted by Crippen LogP contribution is -2.21. The molecule has 4 nitrogen and oxygen atoms in total. The Bertz CT molecular complexity index is 331. The van der Waals surface area contributed by atoms with E-state index in [1.54, 1.807) is 0 Å². The molecule has 1 atom stereocenters. The summed E-state index contributed by atoms with van der Waals surface area (Å²) in [6.45, 7) is 0.130. The summed E-state index contributed by atoms with van der Waals surface area (Å²) in [5.74, 6) is -0.649. The molecule has 0 amide bonds. The maximum atomic E-state index is 13.3. The van der Waals surface area contributed by atoms with E-state index in [4.69, 9.17) is 16.2 Å². The number of aromatic hydroxyl groups is 1. The molecule has 5 N–H and O–H groups in total. The van der Waals surface area contributed by atoms with Gasteiger partial charge in [-0.3, -0.25) is 0 Å². The lowest BCUT2D eigenvalue weighted by atomic mass is 10.1. The van der Waals surface area contributed by atoms with Gasteiger partial charge in [0, 0.05) is 24.2 Å². The maximum Gasteiger partial charge on any atom is 0.161 e. The van der Waals surface area contributed by atoms with E-state index in [0.29, 0.717) is 0 Å². The Morgan fingerprint density at radius 1 is 1.57 bits per heavy atom. The predicted molar refractivity (Wildman–Crippen MR) is 50.6 cm³/mol. The molecule has 5 heteroatoms. The van der Waals surface area contributed by atoms with E-state index in [1.165, 1.54) is 13.2 Å². The Balaban J connectivity index is 3.17. The molecular weight excluding hydrogens is 187 g/mol. The third-order valence-corrected chi connectivity index (χ3v) is 1.95. The molecule has 0 fully saturated rings. The number of nitrogens with two attached hydrogens (primary N) is 2. The summed E-state index contributed by atoms with van der Waals surface area (Å²) in [4.78, 5) is 0. The Morgan fingerprint density at radius 2 is 2.21 bits per heavy atom. The second-order valence-electron chi connectivity index (χ2n) is 2.89. The number of methoxy groups -OCH3 is 1. The maximum absolute atomic E-state index is 13.3. The zero-order chi connectivity index (χ0) is 10.7. The van der Waals surface area contributed by atoms with Crippen molar-refractivity contribution in [2.45, 2.75) is 6.04 Å². The second-order valence-corrected chi connectivity index (χ2v) is 2.89. The fourth-order valence-electron chi connectivity index (χ4n) is 1.13. The van der Waals surface area contributed by atoms with Gasteiger partial charge in [0.05, 0.1) is 7.11 Å². The van der Waals surface area contributed by atoms with Crippen LogP contribution in [0.4, 0.5) is 4.39 Å². The Hall–Kier alpha value is -1.33. The lowest BCUT2D eigenvalue weighted by molar-refractivity contribution is 0.369. The third kappa shape index (κ3) is 1.94. The van der Waals surface area contributed by atoms with E-state index in [-0.39, 0.29) is 23.6 Å².